The molecule has 0 aromatic rings. The lowest BCUT2D eigenvalue weighted by Gasteiger charge is -2.16. The van der Waals surface area contributed by atoms with Crippen molar-refractivity contribution in [1.82, 2.24) is 0 Å². The summed E-state index contributed by atoms with van der Waals surface area (Å²) in [4.78, 5) is 0. The molecule has 2 N–H and O–H groups in total. The predicted octanol–water partition coefficient (Wildman–Crippen LogP) is 0.931. The van der Waals surface area contributed by atoms with Crippen LogP contribution in [-0.2, 0) is 23.6 Å². The monoisotopic (exact) mass is 259 g/mol. The van der Waals surface area contributed by atoms with E-state index in [4.69, 9.17) is 14.2 Å². The first-order chi connectivity index (χ1) is 6.83. The van der Waals surface area contributed by atoms with Crippen molar-refractivity contribution < 1.29 is 22.0 Å². The molecule has 0 fully saturated rings. The van der Waals surface area contributed by atoms with Gasteiger partial charge in [0.1, 0.15) is 0 Å². The summed E-state index contributed by atoms with van der Waals surface area (Å²) in [7, 11) is -6.63. The second-order valence-electron chi connectivity index (χ2n) is 2.89. The zero-order chi connectivity index (χ0) is 11.9. The highest BCUT2D eigenvalue weighted by atomic mass is 32.2. The summed E-state index contributed by atoms with van der Waals surface area (Å²) in [6.45, 7) is 3.94. The van der Waals surface area contributed by atoms with E-state index >= 15 is 0 Å². The van der Waals surface area contributed by atoms with Gasteiger partial charge in [-0.15, -0.1) is 0 Å². The number of sulfonamides is 1. The third-order valence-electron chi connectivity index (χ3n) is 1.51. The summed E-state index contributed by atoms with van der Waals surface area (Å²) >= 11 is 0. The van der Waals surface area contributed by atoms with Crippen LogP contribution in [0.15, 0.2) is 0 Å². The van der Waals surface area contributed by atoms with E-state index in [9.17, 15) is 13.0 Å². The van der Waals surface area contributed by atoms with Gasteiger partial charge in [0.2, 0.25) is 10.0 Å². The van der Waals surface area contributed by atoms with Gasteiger partial charge in [-0.05, 0) is 20.3 Å². The first-order valence-electron chi connectivity index (χ1n) is 4.71. The largest absolute Gasteiger partial charge is 0.330 e. The molecule has 0 aromatic heterocycles. The molecule has 0 spiro atoms. The summed E-state index contributed by atoms with van der Waals surface area (Å²) in [6.07, 6.45) is 0.251. The SMILES string of the molecule is CCOP(=O)(CCCS(N)(=O)=O)OCC. The number of primary sulfonamides is 1. The molecule has 0 heterocycles. The van der Waals surface area contributed by atoms with Crippen molar-refractivity contribution in [3.8, 4) is 0 Å². The summed E-state index contributed by atoms with van der Waals surface area (Å²) in [5, 5.41) is 4.81. The zero-order valence-corrected chi connectivity index (χ0v) is 10.7. The lowest BCUT2D eigenvalue weighted by molar-refractivity contribution is 0.220. The van der Waals surface area contributed by atoms with Crippen LogP contribution in [0, 0.1) is 0 Å². The smallest absolute Gasteiger partial charge is 0.309 e. The number of hydrogen-bond acceptors (Lipinski definition) is 5. The van der Waals surface area contributed by atoms with E-state index in [1.807, 2.05) is 0 Å². The second-order valence-corrected chi connectivity index (χ2v) is 6.81. The van der Waals surface area contributed by atoms with Crippen molar-refractivity contribution in [1.29, 1.82) is 0 Å². The molecule has 0 amide bonds. The van der Waals surface area contributed by atoms with E-state index in [0.717, 1.165) is 0 Å². The Morgan fingerprint density at radius 3 is 2.00 bits per heavy atom. The third-order valence-corrected chi connectivity index (χ3v) is 4.54. The zero-order valence-electron chi connectivity index (χ0n) is 9.01. The highest BCUT2D eigenvalue weighted by Crippen LogP contribution is 2.48. The van der Waals surface area contributed by atoms with E-state index in [0.29, 0.717) is 0 Å². The molecule has 0 saturated carbocycles. The van der Waals surface area contributed by atoms with Crippen molar-refractivity contribution in [2.45, 2.75) is 20.3 Å². The Bertz CT molecular complexity index is 305. The molecule has 0 rings (SSSR count). The van der Waals surface area contributed by atoms with Gasteiger partial charge in [-0.25, -0.2) is 13.6 Å². The Morgan fingerprint density at radius 2 is 1.67 bits per heavy atom. The van der Waals surface area contributed by atoms with E-state index < -0.39 is 17.6 Å². The Morgan fingerprint density at radius 1 is 1.20 bits per heavy atom. The Labute approximate surface area is 90.7 Å². The molecule has 0 aromatic carbocycles. The Kier molecular flexibility index (Phi) is 6.63. The van der Waals surface area contributed by atoms with Crippen LogP contribution >= 0.6 is 7.60 Å². The minimum atomic E-state index is -3.51. The van der Waals surface area contributed by atoms with E-state index in [1.165, 1.54) is 0 Å². The number of hydrogen-bond donors (Lipinski definition) is 1. The van der Waals surface area contributed by atoms with Crippen LogP contribution in [-0.4, -0.2) is 33.5 Å². The summed E-state index contributed by atoms with van der Waals surface area (Å²) in [5.41, 5.74) is 0. The van der Waals surface area contributed by atoms with Crippen LogP contribution < -0.4 is 5.14 Å². The van der Waals surface area contributed by atoms with Crippen molar-refractivity contribution in [2.75, 3.05) is 25.1 Å². The van der Waals surface area contributed by atoms with Gasteiger partial charge in [0.15, 0.2) is 0 Å². The maximum atomic E-state index is 11.8. The van der Waals surface area contributed by atoms with Gasteiger partial charge in [0, 0.05) is 0 Å². The molecule has 0 bridgehead atoms. The van der Waals surface area contributed by atoms with E-state index in [-0.39, 0.29) is 31.5 Å². The quantitative estimate of drug-likeness (QED) is 0.654. The van der Waals surface area contributed by atoms with E-state index in [2.05, 4.69) is 0 Å². The topological polar surface area (TPSA) is 95.7 Å². The van der Waals surface area contributed by atoms with Crippen LogP contribution in [0.3, 0.4) is 0 Å². The average molecular weight is 259 g/mol. The molecule has 0 aliphatic rings. The normalized spacial score (nSPS) is 13.0. The highest BCUT2D eigenvalue weighted by Gasteiger charge is 2.23. The Hall–Kier alpha value is 0.0600. The number of rotatable bonds is 8. The Balaban J connectivity index is 4.13. The fraction of sp³-hybridized carbons (Fsp3) is 1.00. The molecule has 0 saturated heterocycles. The maximum absolute atomic E-state index is 11.8. The maximum Gasteiger partial charge on any atom is 0.330 e. The fourth-order valence-corrected chi connectivity index (χ4v) is 3.44. The van der Waals surface area contributed by atoms with Gasteiger partial charge >= 0.3 is 7.60 Å². The average Bonchev–Trinajstić information content (AvgIpc) is 2.01. The molecule has 0 aliphatic heterocycles. The summed E-state index contributed by atoms with van der Waals surface area (Å²) in [6, 6.07) is 0. The third kappa shape index (κ3) is 7.93. The van der Waals surface area contributed by atoms with Gasteiger partial charge in [-0.3, -0.25) is 4.57 Å². The van der Waals surface area contributed by atoms with E-state index in [1.54, 1.807) is 13.8 Å². The summed E-state index contributed by atoms with van der Waals surface area (Å²) in [5.74, 6) is -0.211. The van der Waals surface area contributed by atoms with Crippen molar-refractivity contribution in [2.24, 2.45) is 5.14 Å². The molecule has 92 valence electrons. The lowest BCUT2D eigenvalue weighted by Crippen LogP contribution is -2.17. The van der Waals surface area contributed by atoms with Crippen molar-refractivity contribution in [3.05, 3.63) is 0 Å². The fourth-order valence-electron chi connectivity index (χ4n) is 1.02. The molecule has 0 radical (unpaired) electrons. The molecule has 6 nitrogen and oxygen atoms in total. The minimum Gasteiger partial charge on any atom is -0.309 e. The van der Waals surface area contributed by atoms with Crippen LogP contribution in [0.5, 0.6) is 0 Å². The van der Waals surface area contributed by atoms with Crippen molar-refractivity contribution >= 4 is 17.6 Å². The standard InChI is InChI=1S/C7H18NO5PS/c1-3-12-14(9,13-4-2)6-5-7-15(8,10)11/h3-7H2,1-2H3,(H2,8,10,11). The molecule has 15 heavy (non-hydrogen) atoms. The first kappa shape index (κ1) is 15.1. The van der Waals surface area contributed by atoms with Crippen LogP contribution in [0.25, 0.3) is 0 Å². The molecule has 0 aliphatic carbocycles. The molecule has 8 heteroatoms. The van der Waals surface area contributed by atoms with Gasteiger partial charge in [0.25, 0.3) is 0 Å². The molecule has 0 atom stereocenters. The van der Waals surface area contributed by atoms with Gasteiger partial charge < -0.3 is 9.05 Å². The van der Waals surface area contributed by atoms with Crippen molar-refractivity contribution in [3.63, 3.8) is 0 Å². The number of nitrogens with two attached hydrogens (primary N) is 1. The predicted molar refractivity (Wildman–Crippen MR) is 58.3 cm³/mol. The summed E-state index contributed by atoms with van der Waals surface area (Å²) < 4.78 is 43.1. The molecular weight excluding hydrogens is 241 g/mol. The lowest BCUT2D eigenvalue weighted by atomic mass is 10.6. The van der Waals surface area contributed by atoms with Crippen LogP contribution in [0.2, 0.25) is 0 Å². The van der Waals surface area contributed by atoms with Crippen LogP contribution in [0.1, 0.15) is 20.3 Å². The van der Waals surface area contributed by atoms with Crippen LogP contribution in [0.4, 0.5) is 0 Å². The molecular formula is C7H18NO5PS. The second kappa shape index (κ2) is 6.60. The first-order valence-corrected chi connectivity index (χ1v) is 8.16. The van der Waals surface area contributed by atoms with Gasteiger partial charge in [0.05, 0.1) is 25.1 Å². The van der Waals surface area contributed by atoms with Gasteiger partial charge in [-0.2, -0.15) is 0 Å². The minimum absolute atomic E-state index is 0.0745. The highest BCUT2D eigenvalue weighted by molar-refractivity contribution is 7.89. The molecule has 0 unspecified atom stereocenters. The van der Waals surface area contributed by atoms with Gasteiger partial charge in [-0.1, -0.05) is 0 Å².